The molecule has 1 aromatic heterocycles. The molecule has 1 heterocycles. The molecule has 3 rings (SSSR count). The van der Waals surface area contributed by atoms with Crippen LogP contribution in [0.2, 0.25) is 0 Å². The molecule has 0 aliphatic carbocycles. The fraction of sp³-hybridized carbons (Fsp3) is 0.167. The van der Waals surface area contributed by atoms with Gasteiger partial charge in [0.1, 0.15) is 11.5 Å². The van der Waals surface area contributed by atoms with Gasteiger partial charge in [-0.15, -0.1) is 0 Å². The summed E-state index contributed by atoms with van der Waals surface area (Å²) in [5, 5.41) is 11.5. The fourth-order valence-electron chi connectivity index (χ4n) is 2.32. The Hall–Kier alpha value is -2.93. The predicted molar refractivity (Wildman–Crippen MR) is 100 cm³/mol. The van der Waals surface area contributed by atoms with Gasteiger partial charge in [-0.2, -0.15) is 14.9 Å². The van der Waals surface area contributed by atoms with Crippen molar-refractivity contribution in [1.82, 2.24) is 14.9 Å². The number of benzene rings is 2. The quantitative estimate of drug-likeness (QED) is 0.559. The van der Waals surface area contributed by atoms with Crippen LogP contribution in [0.5, 0.6) is 11.5 Å². The maximum Gasteiger partial charge on any atom is 0.216 e. The molecule has 128 valence electrons. The van der Waals surface area contributed by atoms with E-state index in [9.17, 15) is 0 Å². The topological polar surface area (TPSA) is 64.4 Å². The monoisotopic (exact) mass is 354 g/mol. The maximum absolute atomic E-state index is 5.29. The molecule has 25 heavy (non-hydrogen) atoms. The molecular formula is C18H18N4O2S. The second-order valence-corrected chi connectivity index (χ2v) is 5.81. The number of aryl methyl sites for hydroxylation is 1. The zero-order valence-electron chi connectivity index (χ0n) is 14.2. The molecule has 0 atom stereocenters. The van der Waals surface area contributed by atoms with E-state index >= 15 is 0 Å². The van der Waals surface area contributed by atoms with Crippen molar-refractivity contribution in [2.45, 2.75) is 6.92 Å². The summed E-state index contributed by atoms with van der Waals surface area (Å²) in [6.45, 7) is 2.04. The Morgan fingerprint density at radius 1 is 1.08 bits per heavy atom. The Morgan fingerprint density at radius 3 is 2.32 bits per heavy atom. The fourth-order valence-corrected chi connectivity index (χ4v) is 2.50. The molecule has 6 nitrogen and oxygen atoms in total. The molecule has 0 spiro atoms. The lowest BCUT2D eigenvalue weighted by molar-refractivity contribution is 0.394. The highest BCUT2D eigenvalue weighted by atomic mass is 32.1. The van der Waals surface area contributed by atoms with Crippen molar-refractivity contribution < 1.29 is 9.47 Å². The number of rotatable bonds is 5. The van der Waals surface area contributed by atoms with Gasteiger partial charge in [-0.3, -0.25) is 0 Å². The first kappa shape index (κ1) is 16.9. The molecule has 0 saturated heterocycles. The van der Waals surface area contributed by atoms with Gasteiger partial charge in [-0.1, -0.05) is 29.8 Å². The summed E-state index contributed by atoms with van der Waals surface area (Å²) in [6.07, 6.45) is 1.69. The molecule has 0 aliphatic heterocycles. The average molecular weight is 354 g/mol. The van der Waals surface area contributed by atoms with Crippen molar-refractivity contribution in [3.05, 3.63) is 58.4 Å². The lowest BCUT2D eigenvalue weighted by Gasteiger charge is -2.06. The van der Waals surface area contributed by atoms with Crippen LogP contribution in [0, 0.1) is 11.7 Å². The molecule has 1 N–H and O–H groups in total. The van der Waals surface area contributed by atoms with Gasteiger partial charge in [0.15, 0.2) is 5.82 Å². The third kappa shape index (κ3) is 3.77. The van der Waals surface area contributed by atoms with Gasteiger partial charge in [0.25, 0.3) is 0 Å². The van der Waals surface area contributed by atoms with Crippen molar-refractivity contribution in [3.63, 3.8) is 0 Å². The van der Waals surface area contributed by atoms with Gasteiger partial charge in [-0.25, -0.2) is 5.10 Å². The average Bonchev–Trinajstić information content (AvgIpc) is 3.00. The maximum atomic E-state index is 5.29. The van der Waals surface area contributed by atoms with Crippen LogP contribution in [-0.4, -0.2) is 35.3 Å². The van der Waals surface area contributed by atoms with E-state index in [1.807, 2.05) is 43.3 Å². The minimum absolute atomic E-state index is 0.418. The van der Waals surface area contributed by atoms with Crippen LogP contribution < -0.4 is 9.47 Å². The number of aromatic nitrogens is 3. The number of hydrogen-bond acceptors (Lipinski definition) is 5. The molecule has 0 unspecified atom stereocenters. The number of ether oxygens (including phenoxy) is 2. The van der Waals surface area contributed by atoms with Crippen molar-refractivity contribution in [2.75, 3.05) is 14.2 Å². The van der Waals surface area contributed by atoms with Crippen molar-refractivity contribution in [1.29, 1.82) is 0 Å². The second kappa shape index (κ2) is 7.31. The van der Waals surface area contributed by atoms with E-state index in [4.69, 9.17) is 21.7 Å². The first-order valence-electron chi connectivity index (χ1n) is 7.62. The zero-order chi connectivity index (χ0) is 17.8. The summed E-state index contributed by atoms with van der Waals surface area (Å²) in [5.74, 6) is 2.03. The van der Waals surface area contributed by atoms with Gasteiger partial charge in [0.2, 0.25) is 4.77 Å². The van der Waals surface area contributed by atoms with Crippen molar-refractivity contribution in [2.24, 2.45) is 5.10 Å². The molecule has 0 radical (unpaired) electrons. The van der Waals surface area contributed by atoms with Crippen LogP contribution in [0.25, 0.3) is 11.4 Å². The van der Waals surface area contributed by atoms with E-state index in [-0.39, 0.29) is 0 Å². The van der Waals surface area contributed by atoms with E-state index in [2.05, 4.69) is 15.3 Å². The SMILES string of the molecule is COc1cc(/C=N\n2c(-c3ccc(C)cc3)n[nH]c2=S)cc(OC)c1. The summed E-state index contributed by atoms with van der Waals surface area (Å²) >= 11 is 5.29. The lowest BCUT2D eigenvalue weighted by atomic mass is 10.1. The molecule has 3 aromatic rings. The standard InChI is InChI=1S/C18H18N4O2S/c1-12-4-6-14(7-5-12)17-20-21-18(25)22(17)19-11-13-8-15(23-2)10-16(9-13)24-3/h4-11H,1-3H3,(H,21,25)/b19-11-. The second-order valence-electron chi connectivity index (χ2n) is 5.42. The van der Waals surface area contributed by atoms with Gasteiger partial charge < -0.3 is 9.47 Å². The Bertz CT molecular complexity index is 936. The summed E-state index contributed by atoms with van der Waals surface area (Å²) in [6, 6.07) is 13.5. The smallest absolute Gasteiger partial charge is 0.216 e. The van der Waals surface area contributed by atoms with Crippen LogP contribution in [0.4, 0.5) is 0 Å². The van der Waals surface area contributed by atoms with E-state index in [0.29, 0.717) is 22.1 Å². The molecule has 0 amide bonds. The Morgan fingerprint density at radius 2 is 1.72 bits per heavy atom. The summed E-state index contributed by atoms with van der Waals surface area (Å²) in [4.78, 5) is 0. The molecule has 7 heteroatoms. The Balaban J connectivity index is 1.98. The minimum Gasteiger partial charge on any atom is -0.497 e. The van der Waals surface area contributed by atoms with Crippen molar-refractivity contribution in [3.8, 4) is 22.9 Å². The van der Waals surface area contributed by atoms with Gasteiger partial charge in [-0.05, 0) is 31.3 Å². The number of nitrogens with zero attached hydrogens (tertiary/aromatic N) is 3. The first-order chi connectivity index (χ1) is 12.1. The third-order valence-corrected chi connectivity index (χ3v) is 3.92. The van der Waals surface area contributed by atoms with Crippen LogP contribution in [0.3, 0.4) is 0 Å². The number of methoxy groups -OCH3 is 2. The van der Waals surface area contributed by atoms with E-state index in [0.717, 1.165) is 11.1 Å². The molecular weight excluding hydrogens is 336 g/mol. The number of hydrogen-bond donors (Lipinski definition) is 1. The highest BCUT2D eigenvalue weighted by molar-refractivity contribution is 7.71. The molecule has 2 aromatic carbocycles. The van der Waals surface area contributed by atoms with Gasteiger partial charge in [0, 0.05) is 17.2 Å². The van der Waals surface area contributed by atoms with Crippen LogP contribution >= 0.6 is 12.2 Å². The molecule has 0 saturated carbocycles. The van der Waals surface area contributed by atoms with Gasteiger partial charge >= 0.3 is 0 Å². The lowest BCUT2D eigenvalue weighted by Crippen LogP contribution is -1.96. The van der Waals surface area contributed by atoms with Gasteiger partial charge in [0.05, 0.1) is 20.4 Å². The van der Waals surface area contributed by atoms with Crippen LogP contribution in [0.1, 0.15) is 11.1 Å². The minimum atomic E-state index is 0.418. The van der Waals surface area contributed by atoms with Crippen molar-refractivity contribution >= 4 is 18.4 Å². The van der Waals surface area contributed by atoms with E-state index in [1.54, 1.807) is 31.2 Å². The normalized spacial score (nSPS) is 11.0. The Labute approximate surface area is 150 Å². The zero-order valence-corrected chi connectivity index (χ0v) is 15.0. The predicted octanol–water partition coefficient (Wildman–Crippen LogP) is 3.82. The number of H-pyrrole nitrogens is 1. The summed E-state index contributed by atoms with van der Waals surface area (Å²) in [5.41, 5.74) is 2.93. The highest BCUT2D eigenvalue weighted by Crippen LogP contribution is 2.22. The first-order valence-corrected chi connectivity index (χ1v) is 8.03. The number of aromatic amines is 1. The molecule has 0 bridgehead atoms. The van der Waals surface area contributed by atoms with E-state index < -0.39 is 0 Å². The molecule has 0 fully saturated rings. The third-order valence-electron chi connectivity index (χ3n) is 3.66. The molecule has 0 aliphatic rings. The Kier molecular flexibility index (Phi) is 4.95. The largest absolute Gasteiger partial charge is 0.497 e. The summed E-state index contributed by atoms with van der Waals surface area (Å²) in [7, 11) is 3.22. The van der Waals surface area contributed by atoms with E-state index in [1.165, 1.54) is 5.56 Å². The van der Waals surface area contributed by atoms with Crippen LogP contribution in [0.15, 0.2) is 47.6 Å². The highest BCUT2D eigenvalue weighted by Gasteiger charge is 2.08. The summed E-state index contributed by atoms with van der Waals surface area (Å²) < 4.78 is 12.6. The van der Waals surface area contributed by atoms with Crippen LogP contribution in [-0.2, 0) is 0 Å². The number of nitrogens with one attached hydrogen (secondary N) is 1.